The van der Waals surface area contributed by atoms with Gasteiger partial charge < -0.3 is 4.57 Å². The lowest BCUT2D eigenvalue weighted by Gasteiger charge is -2.14. The molecule has 0 bridgehead atoms. The minimum atomic E-state index is 0.629. The highest BCUT2D eigenvalue weighted by Gasteiger charge is 2.21. The van der Waals surface area contributed by atoms with Crippen LogP contribution in [-0.2, 0) is 0 Å². The number of nitrogens with zero attached hydrogens (tertiary/aromatic N) is 5. The monoisotopic (exact) mass is 651 g/mol. The summed E-state index contributed by atoms with van der Waals surface area (Å²) in [6, 6.07) is 60.9. The summed E-state index contributed by atoms with van der Waals surface area (Å²) in [6.45, 7) is 0. The molecule has 0 N–H and O–H groups in total. The van der Waals surface area contributed by atoms with Crippen LogP contribution >= 0.6 is 0 Å². The van der Waals surface area contributed by atoms with Crippen molar-refractivity contribution in [3.05, 3.63) is 176 Å². The average molecular weight is 652 g/mol. The highest BCUT2D eigenvalue weighted by Crippen LogP contribution is 2.42. The highest BCUT2D eigenvalue weighted by molar-refractivity contribution is 6.25. The zero-order chi connectivity index (χ0) is 33.7. The molecular formula is C46H29N5. The first kappa shape index (κ1) is 29.0. The van der Waals surface area contributed by atoms with Crippen molar-refractivity contribution in [1.82, 2.24) is 24.5 Å². The van der Waals surface area contributed by atoms with Crippen LogP contribution in [0.1, 0.15) is 0 Å². The van der Waals surface area contributed by atoms with Gasteiger partial charge in [0.15, 0.2) is 17.5 Å². The molecule has 5 nitrogen and oxygen atoms in total. The van der Waals surface area contributed by atoms with Crippen molar-refractivity contribution in [1.29, 1.82) is 0 Å². The maximum absolute atomic E-state index is 5.44. The SMILES string of the molecule is c1ccc(-c2nc(-c3ccccc3)nc(-c3ccc(-n4c5ccccc5c5c(-c6ccccc6)nc6c7ccccc7ccc6c54)cc3)n2)cc1. The minimum absolute atomic E-state index is 0.629. The molecule has 3 heterocycles. The maximum Gasteiger partial charge on any atom is 0.164 e. The number of para-hydroxylation sites is 1. The molecule has 0 aliphatic rings. The van der Waals surface area contributed by atoms with E-state index < -0.39 is 0 Å². The Balaban J connectivity index is 1.21. The number of aromatic nitrogens is 5. The first-order valence-electron chi connectivity index (χ1n) is 17.1. The Morgan fingerprint density at radius 2 is 0.863 bits per heavy atom. The molecule has 0 atom stereocenters. The summed E-state index contributed by atoms with van der Waals surface area (Å²) in [5.74, 6) is 1.92. The topological polar surface area (TPSA) is 56.5 Å². The van der Waals surface area contributed by atoms with Crippen LogP contribution < -0.4 is 0 Å². The van der Waals surface area contributed by atoms with Crippen LogP contribution in [0.5, 0.6) is 0 Å². The molecule has 0 saturated heterocycles. The molecule has 0 spiro atoms. The third-order valence-corrected chi connectivity index (χ3v) is 9.62. The lowest BCUT2D eigenvalue weighted by molar-refractivity contribution is 1.07. The molecule has 0 fully saturated rings. The number of hydrogen-bond donors (Lipinski definition) is 0. The fourth-order valence-electron chi connectivity index (χ4n) is 7.24. The Labute approximate surface area is 294 Å². The summed E-state index contributed by atoms with van der Waals surface area (Å²) in [7, 11) is 0. The molecule has 0 aliphatic heterocycles. The second kappa shape index (κ2) is 11.9. The Morgan fingerprint density at radius 3 is 1.49 bits per heavy atom. The molecule has 3 aromatic heterocycles. The fraction of sp³-hybridized carbons (Fsp3) is 0. The van der Waals surface area contributed by atoms with Crippen LogP contribution in [-0.4, -0.2) is 24.5 Å². The van der Waals surface area contributed by atoms with Gasteiger partial charge in [-0.25, -0.2) is 19.9 Å². The summed E-state index contributed by atoms with van der Waals surface area (Å²) in [5.41, 5.74) is 9.18. The Hall–Kier alpha value is -6.98. The molecule has 10 aromatic rings. The lowest BCUT2D eigenvalue weighted by Crippen LogP contribution is -2.00. The van der Waals surface area contributed by atoms with Gasteiger partial charge in [-0.05, 0) is 35.7 Å². The number of hydrogen-bond acceptors (Lipinski definition) is 4. The van der Waals surface area contributed by atoms with E-state index in [2.05, 4.69) is 120 Å². The molecular weight excluding hydrogens is 623 g/mol. The maximum atomic E-state index is 5.44. The van der Waals surface area contributed by atoms with Gasteiger partial charge in [0.1, 0.15) is 0 Å². The zero-order valence-corrected chi connectivity index (χ0v) is 27.5. The van der Waals surface area contributed by atoms with Gasteiger partial charge >= 0.3 is 0 Å². The largest absolute Gasteiger partial charge is 0.308 e. The summed E-state index contributed by atoms with van der Waals surface area (Å²) < 4.78 is 2.39. The Bertz CT molecular complexity index is 2820. The van der Waals surface area contributed by atoms with Gasteiger partial charge in [-0.15, -0.1) is 0 Å². The van der Waals surface area contributed by atoms with E-state index >= 15 is 0 Å². The molecule has 51 heavy (non-hydrogen) atoms. The predicted molar refractivity (Wildman–Crippen MR) is 209 cm³/mol. The van der Waals surface area contributed by atoms with Gasteiger partial charge in [-0.2, -0.15) is 0 Å². The molecule has 5 heteroatoms. The summed E-state index contributed by atoms with van der Waals surface area (Å²) in [6.07, 6.45) is 0. The van der Waals surface area contributed by atoms with Crippen LogP contribution in [0.25, 0.3) is 94.6 Å². The Morgan fingerprint density at radius 1 is 0.353 bits per heavy atom. The van der Waals surface area contributed by atoms with Crippen LogP contribution in [0.2, 0.25) is 0 Å². The van der Waals surface area contributed by atoms with E-state index in [1.807, 2.05) is 60.7 Å². The van der Waals surface area contributed by atoms with E-state index in [1.54, 1.807) is 0 Å². The highest BCUT2D eigenvalue weighted by atomic mass is 15.0. The molecule has 0 aliphatic carbocycles. The number of benzene rings is 7. The van der Waals surface area contributed by atoms with Crippen molar-refractivity contribution in [2.45, 2.75) is 0 Å². The normalized spacial score (nSPS) is 11.5. The number of fused-ring (bicyclic) bond motifs is 7. The number of rotatable bonds is 5. The van der Waals surface area contributed by atoms with Gasteiger partial charge in [0.05, 0.1) is 22.2 Å². The van der Waals surface area contributed by atoms with Crippen molar-refractivity contribution in [2.75, 3.05) is 0 Å². The average Bonchev–Trinajstić information content (AvgIpc) is 3.57. The second-order valence-electron chi connectivity index (χ2n) is 12.7. The van der Waals surface area contributed by atoms with Gasteiger partial charge in [0.2, 0.25) is 0 Å². The van der Waals surface area contributed by atoms with E-state index in [-0.39, 0.29) is 0 Å². The molecule has 0 unspecified atom stereocenters. The van der Waals surface area contributed by atoms with E-state index in [0.29, 0.717) is 17.5 Å². The van der Waals surface area contributed by atoms with E-state index in [1.165, 1.54) is 5.39 Å². The molecule has 0 radical (unpaired) electrons. The van der Waals surface area contributed by atoms with Crippen molar-refractivity contribution in [2.24, 2.45) is 0 Å². The zero-order valence-electron chi connectivity index (χ0n) is 27.5. The number of pyridine rings is 1. The molecule has 238 valence electrons. The molecule has 0 amide bonds. The van der Waals surface area contributed by atoms with Gasteiger partial charge in [0, 0.05) is 49.5 Å². The van der Waals surface area contributed by atoms with E-state index in [0.717, 1.165) is 71.7 Å². The predicted octanol–water partition coefficient (Wildman–Crippen LogP) is 11.3. The smallest absolute Gasteiger partial charge is 0.164 e. The van der Waals surface area contributed by atoms with Gasteiger partial charge in [-0.1, -0.05) is 146 Å². The third kappa shape index (κ3) is 4.86. The standard InChI is InChI=1S/C46H29N5/c1-4-15-31(16-5-1)41-40-37-22-12-13-23-39(37)51(43(40)38-29-26-30-14-10-11-21-36(30)42(38)47-41)35-27-24-34(25-28-35)46-49-44(32-17-6-2-7-18-32)48-45(50-46)33-19-8-3-9-20-33/h1-29H. The van der Waals surface area contributed by atoms with Crippen molar-refractivity contribution in [3.8, 4) is 51.1 Å². The Kier molecular flexibility index (Phi) is 6.74. The quantitative estimate of drug-likeness (QED) is 0.174. The van der Waals surface area contributed by atoms with Gasteiger partial charge in [-0.3, -0.25) is 0 Å². The van der Waals surface area contributed by atoms with Crippen molar-refractivity contribution in [3.63, 3.8) is 0 Å². The first-order valence-corrected chi connectivity index (χ1v) is 17.1. The lowest BCUT2D eigenvalue weighted by atomic mass is 10.00. The molecule has 7 aromatic carbocycles. The minimum Gasteiger partial charge on any atom is -0.308 e. The first-order chi connectivity index (χ1) is 25.3. The van der Waals surface area contributed by atoms with Crippen molar-refractivity contribution < 1.29 is 0 Å². The van der Waals surface area contributed by atoms with E-state index in [9.17, 15) is 0 Å². The summed E-state index contributed by atoms with van der Waals surface area (Å²) in [5, 5.41) is 5.72. The van der Waals surface area contributed by atoms with Crippen LogP contribution in [0.15, 0.2) is 176 Å². The van der Waals surface area contributed by atoms with Crippen LogP contribution in [0, 0.1) is 0 Å². The molecule has 0 saturated carbocycles. The third-order valence-electron chi connectivity index (χ3n) is 9.62. The van der Waals surface area contributed by atoms with Gasteiger partial charge in [0.25, 0.3) is 0 Å². The summed E-state index contributed by atoms with van der Waals surface area (Å²) >= 11 is 0. The second-order valence-corrected chi connectivity index (χ2v) is 12.7. The van der Waals surface area contributed by atoms with E-state index in [4.69, 9.17) is 19.9 Å². The van der Waals surface area contributed by atoms with Crippen LogP contribution in [0.3, 0.4) is 0 Å². The summed E-state index contributed by atoms with van der Waals surface area (Å²) in [4.78, 5) is 20.3. The molecule has 10 rings (SSSR count). The fourth-order valence-corrected chi connectivity index (χ4v) is 7.24. The van der Waals surface area contributed by atoms with Crippen molar-refractivity contribution >= 4 is 43.5 Å². The van der Waals surface area contributed by atoms with Crippen LogP contribution in [0.4, 0.5) is 0 Å².